The summed E-state index contributed by atoms with van der Waals surface area (Å²) in [7, 11) is 3.53. The number of carbonyl (C=O) groups excluding carboxylic acids is 1. The minimum Gasteiger partial charge on any atom is -0.391 e. The molecule has 1 fully saturated rings. The van der Waals surface area contributed by atoms with Gasteiger partial charge in [0.1, 0.15) is 0 Å². The Kier molecular flexibility index (Phi) is 5.61. The average molecular weight is 406 g/mol. The molecule has 2 aromatic rings. The van der Waals surface area contributed by atoms with Crippen molar-refractivity contribution >= 4 is 32.7 Å². The van der Waals surface area contributed by atoms with Gasteiger partial charge in [-0.1, -0.05) is 28.1 Å². The number of nitrogens with one attached hydrogen (secondary N) is 1. The first-order valence-electron chi connectivity index (χ1n) is 8.55. The molecule has 2 atom stereocenters. The molecule has 5 nitrogen and oxygen atoms in total. The molecule has 0 bridgehead atoms. The molecule has 2 heterocycles. The zero-order chi connectivity index (χ0) is 18.0. The molecule has 0 saturated carbocycles. The zero-order valence-electron chi connectivity index (χ0n) is 14.6. The standard InChI is InChI=1S/C19H24BrN3O2/c1-22(2)19(25)15-12-23(17-8-7-13(20)11-14(15)17)10-4-5-16-18(24)6-3-9-21-16/h4-5,7-8,11-12,16,18,21,24H,3,6,9-10H2,1-2H3/b5-4+/t16-,18+/m1/s1. The Morgan fingerprint density at radius 1 is 1.48 bits per heavy atom. The normalized spacial score (nSPS) is 21.1. The van der Waals surface area contributed by atoms with E-state index in [1.165, 1.54) is 0 Å². The third-order valence-electron chi connectivity index (χ3n) is 4.60. The Morgan fingerprint density at radius 2 is 2.28 bits per heavy atom. The first-order chi connectivity index (χ1) is 12.0. The highest BCUT2D eigenvalue weighted by molar-refractivity contribution is 9.10. The number of fused-ring (bicyclic) bond motifs is 1. The molecule has 6 heteroatoms. The van der Waals surface area contributed by atoms with Gasteiger partial charge in [-0.25, -0.2) is 0 Å². The molecule has 1 aliphatic heterocycles. The Bertz CT molecular complexity index is 797. The van der Waals surface area contributed by atoms with Crippen LogP contribution in [0.15, 0.2) is 41.0 Å². The number of hydrogen-bond acceptors (Lipinski definition) is 3. The molecule has 1 aliphatic rings. The van der Waals surface area contributed by atoms with Gasteiger partial charge in [0, 0.05) is 42.2 Å². The highest BCUT2D eigenvalue weighted by atomic mass is 79.9. The monoisotopic (exact) mass is 405 g/mol. The van der Waals surface area contributed by atoms with E-state index in [0.29, 0.717) is 12.1 Å². The van der Waals surface area contributed by atoms with Crippen molar-refractivity contribution < 1.29 is 9.90 Å². The van der Waals surface area contributed by atoms with Gasteiger partial charge >= 0.3 is 0 Å². The second-order valence-electron chi connectivity index (χ2n) is 6.67. The Labute approximate surface area is 156 Å². The molecule has 0 spiro atoms. The number of allylic oxidation sites excluding steroid dienone is 1. The largest absolute Gasteiger partial charge is 0.391 e. The summed E-state index contributed by atoms with van der Waals surface area (Å²) in [5, 5.41) is 14.3. The zero-order valence-corrected chi connectivity index (χ0v) is 16.2. The fourth-order valence-corrected chi connectivity index (χ4v) is 3.61. The van der Waals surface area contributed by atoms with Crippen LogP contribution >= 0.6 is 15.9 Å². The van der Waals surface area contributed by atoms with Crippen LogP contribution in [0.25, 0.3) is 10.9 Å². The van der Waals surface area contributed by atoms with E-state index in [0.717, 1.165) is 34.8 Å². The molecule has 25 heavy (non-hydrogen) atoms. The summed E-state index contributed by atoms with van der Waals surface area (Å²) in [6.07, 6.45) is 7.52. The Balaban J connectivity index is 1.87. The molecule has 1 aromatic carbocycles. The van der Waals surface area contributed by atoms with Gasteiger partial charge in [0.15, 0.2) is 0 Å². The van der Waals surface area contributed by atoms with Gasteiger partial charge in [-0.15, -0.1) is 0 Å². The van der Waals surface area contributed by atoms with Crippen LogP contribution in [-0.4, -0.2) is 53.3 Å². The topological polar surface area (TPSA) is 57.5 Å². The maximum absolute atomic E-state index is 12.5. The number of amides is 1. The summed E-state index contributed by atoms with van der Waals surface area (Å²) >= 11 is 3.49. The number of aliphatic hydroxyl groups excluding tert-OH is 1. The van der Waals surface area contributed by atoms with Crippen LogP contribution in [0.3, 0.4) is 0 Å². The highest BCUT2D eigenvalue weighted by Gasteiger charge is 2.20. The molecule has 0 radical (unpaired) electrons. The molecule has 1 aromatic heterocycles. The first-order valence-corrected chi connectivity index (χ1v) is 9.35. The molecule has 3 rings (SSSR count). The SMILES string of the molecule is CN(C)C(=O)c1cn(C/C=C/[C@H]2NCCC[C@@H]2O)c2ccc(Br)cc12. The van der Waals surface area contributed by atoms with Crippen molar-refractivity contribution in [1.29, 1.82) is 0 Å². The lowest BCUT2D eigenvalue weighted by molar-refractivity contribution is 0.0829. The predicted molar refractivity (Wildman–Crippen MR) is 104 cm³/mol. The minimum absolute atomic E-state index is 0.00445. The lowest BCUT2D eigenvalue weighted by Crippen LogP contribution is -2.43. The van der Waals surface area contributed by atoms with Gasteiger partial charge in [0.25, 0.3) is 5.91 Å². The predicted octanol–water partition coefficient (Wildman–Crippen LogP) is 2.77. The molecule has 1 amide bonds. The van der Waals surface area contributed by atoms with Crippen molar-refractivity contribution in [2.45, 2.75) is 31.5 Å². The van der Waals surface area contributed by atoms with E-state index >= 15 is 0 Å². The second kappa shape index (κ2) is 7.72. The maximum Gasteiger partial charge on any atom is 0.255 e. The third-order valence-corrected chi connectivity index (χ3v) is 5.09. The van der Waals surface area contributed by atoms with Crippen LogP contribution in [0.4, 0.5) is 0 Å². The lowest BCUT2D eigenvalue weighted by atomic mass is 10.0. The van der Waals surface area contributed by atoms with E-state index < -0.39 is 0 Å². The van der Waals surface area contributed by atoms with Crippen molar-refractivity contribution in [3.8, 4) is 0 Å². The van der Waals surface area contributed by atoms with Crippen LogP contribution in [0.2, 0.25) is 0 Å². The smallest absolute Gasteiger partial charge is 0.255 e. The Hall–Kier alpha value is -1.63. The van der Waals surface area contributed by atoms with Gasteiger partial charge in [-0.2, -0.15) is 0 Å². The number of aromatic nitrogens is 1. The van der Waals surface area contributed by atoms with E-state index in [9.17, 15) is 9.90 Å². The van der Waals surface area contributed by atoms with Gasteiger partial charge < -0.3 is 19.9 Å². The number of piperidine rings is 1. The van der Waals surface area contributed by atoms with E-state index in [2.05, 4.69) is 31.9 Å². The second-order valence-corrected chi connectivity index (χ2v) is 7.59. The van der Waals surface area contributed by atoms with E-state index in [1.807, 2.05) is 30.5 Å². The van der Waals surface area contributed by atoms with Crippen molar-refractivity contribution in [2.24, 2.45) is 0 Å². The third kappa shape index (κ3) is 3.97. The maximum atomic E-state index is 12.5. The summed E-state index contributed by atoms with van der Waals surface area (Å²) in [6.45, 7) is 1.60. The van der Waals surface area contributed by atoms with Crippen molar-refractivity contribution in [1.82, 2.24) is 14.8 Å². The average Bonchev–Trinajstić information content (AvgIpc) is 2.93. The highest BCUT2D eigenvalue weighted by Crippen LogP contribution is 2.26. The fourth-order valence-electron chi connectivity index (χ4n) is 3.24. The number of rotatable bonds is 4. The minimum atomic E-state index is -0.326. The van der Waals surface area contributed by atoms with Crippen molar-refractivity contribution in [3.63, 3.8) is 0 Å². The molecule has 0 unspecified atom stereocenters. The molecule has 0 aliphatic carbocycles. The number of nitrogens with zero attached hydrogens (tertiary/aromatic N) is 2. The summed E-state index contributed by atoms with van der Waals surface area (Å²) in [5.41, 5.74) is 1.72. The van der Waals surface area contributed by atoms with E-state index in [1.54, 1.807) is 19.0 Å². The molecule has 2 N–H and O–H groups in total. The van der Waals surface area contributed by atoms with Gasteiger partial charge in [0.2, 0.25) is 0 Å². The molecule has 134 valence electrons. The summed E-state index contributed by atoms with van der Waals surface area (Å²) in [5.74, 6) is -0.00445. The van der Waals surface area contributed by atoms with E-state index in [-0.39, 0.29) is 18.1 Å². The van der Waals surface area contributed by atoms with Gasteiger partial charge in [0.05, 0.1) is 17.7 Å². The number of aliphatic hydroxyl groups is 1. The van der Waals surface area contributed by atoms with E-state index in [4.69, 9.17) is 0 Å². The van der Waals surface area contributed by atoms with Crippen LogP contribution in [0.5, 0.6) is 0 Å². The van der Waals surface area contributed by atoms with Crippen LogP contribution < -0.4 is 5.32 Å². The Morgan fingerprint density at radius 3 is 3.00 bits per heavy atom. The molecular formula is C19H24BrN3O2. The van der Waals surface area contributed by atoms with Crippen molar-refractivity contribution in [3.05, 3.63) is 46.6 Å². The van der Waals surface area contributed by atoms with Gasteiger partial charge in [-0.3, -0.25) is 4.79 Å². The number of halogens is 1. The number of carbonyl (C=O) groups is 1. The van der Waals surface area contributed by atoms with Crippen LogP contribution in [0, 0.1) is 0 Å². The fraction of sp³-hybridized carbons (Fsp3) is 0.421. The van der Waals surface area contributed by atoms with Crippen LogP contribution in [0.1, 0.15) is 23.2 Å². The summed E-state index contributed by atoms with van der Waals surface area (Å²) in [4.78, 5) is 14.1. The first kappa shape index (κ1) is 18.2. The van der Waals surface area contributed by atoms with Crippen LogP contribution in [-0.2, 0) is 6.54 Å². The summed E-state index contributed by atoms with van der Waals surface area (Å²) < 4.78 is 3.03. The lowest BCUT2D eigenvalue weighted by Gasteiger charge is -2.26. The van der Waals surface area contributed by atoms with Crippen molar-refractivity contribution in [2.75, 3.05) is 20.6 Å². The van der Waals surface area contributed by atoms with Gasteiger partial charge in [-0.05, 0) is 37.6 Å². The molecular weight excluding hydrogens is 382 g/mol. The quantitative estimate of drug-likeness (QED) is 0.768. The molecule has 1 saturated heterocycles. The number of benzene rings is 1. The number of hydrogen-bond donors (Lipinski definition) is 2. The summed E-state index contributed by atoms with van der Waals surface area (Å²) in [6, 6.07) is 6.00.